The third-order valence-electron chi connectivity index (χ3n) is 5.59. The number of hydrogen-bond acceptors (Lipinski definition) is 3. The molecule has 6 nitrogen and oxygen atoms in total. The van der Waals surface area contributed by atoms with Gasteiger partial charge in [0.15, 0.2) is 6.61 Å². The second-order valence-electron chi connectivity index (χ2n) is 7.75. The number of rotatable bonds is 6. The summed E-state index contributed by atoms with van der Waals surface area (Å²) in [5.41, 5.74) is 3.12. The minimum Gasteiger partial charge on any atom is -0.484 e. The van der Waals surface area contributed by atoms with E-state index < -0.39 is 11.8 Å². The van der Waals surface area contributed by atoms with E-state index in [-0.39, 0.29) is 30.1 Å². The molecule has 1 atom stereocenters. The number of halogens is 2. The molecule has 1 aliphatic carbocycles. The first-order valence-corrected chi connectivity index (χ1v) is 10.4. The number of para-hydroxylation sites is 1. The van der Waals surface area contributed by atoms with Crippen LogP contribution in [0.5, 0.6) is 5.75 Å². The molecule has 31 heavy (non-hydrogen) atoms. The number of benzene rings is 2. The van der Waals surface area contributed by atoms with Gasteiger partial charge in [0.25, 0.3) is 5.91 Å². The van der Waals surface area contributed by atoms with E-state index >= 15 is 0 Å². The average molecular weight is 445 g/mol. The Labute approximate surface area is 183 Å². The summed E-state index contributed by atoms with van der Waals surface area (Å²) in [6, 6.07) is 9.88. The van der Waals surface area contributed by atoms with Crippen molar-refractivity contribution in [3.63, 3.8) is 0 Å². The molecule has 0 aliphatic heterocycles. The Bertz CT molecular complexity index is 1170. The fourth-order valence-corrected chi connectivity index (χ4v) is 4.57. The molecule has 0 unspecified atom stereocenters. The molecular formula is C23H22ClFN2O4. The van der Waals surface area contributed by atoms with Crippen LogP contribution < -0.4 is 10.1 Å². The van der Waals surface area contributed by atoms with Crippen LogP contribution in [0, 0.1) is 12.7 Å². The van der Waals surface area contributed by atoms with Gasteiger partial charge in [-0.1, -0.05) is 29.8 Å². The third-order valence-corrected chi connectivity index (χ3v) is 5.88. The van der Waals surface area contributed by atoms with E-state index in [0.29, 0.717) is 35.9 Å². The van der Waals surface area contributed by atoms with Crippen LogP contribution in [-0.4, -0.2) is 34.2 Å². The van der Waals surface area contributed by atoms with Gasteiger partial charge in [-0.3, -0.25) is 9.59 Å². The molecule has 1 heterocycles. The lowest BCUT2D eigenvalue weighted by Crippen LogP contribution is -2.41. The van der Waals surface area contributed by atoms with Crippen molar-refractivity contribution in [2.24, 2.45) is 0 Å². The molecule has 0 bridgehead atoms. The number of aryl methyl sites for hydroxylation is 1. The molecule has 1 aliphatic rings. The summed E-state index contributed by atoms with van der Waals surface area (Å²) in [4.78, 5) is 23.8. The number of fused-ring (bicyclic) bond motifs is 3. The van der Waals surface area contributed by atoms with Gasteiger partial charge in [0.2, 0.25) is 0 Å². The highest BCUT2D eigenvalue weighted by atomic mass is 35.5. The molecule has 2 aromatic carbocycles. The number of nitrogens with zero attached hydrogens (tertiary/aromatic N) is 1. The Morgan fingerprint density at radius 1 is 1.32 bits per heavy atom. The Morgan fingerprint density at radius 3 is 2.84 bits per heavy atom. The fraction of sp³-hybridized carbons (Fsp3) is 0.304. The summed E-state index contributed by atoms with van der Waals surface area (Å²) in [5.74, 6) is -1.06. The van der Waals surface area contributed by atoms with Crippen molar-refractivity contribution in [2.75, 3.05) is 6.61 Å². The molecular weight excluding hydrogens is 423 g/mol. The normalized spacial score (nSPS) is 15.5. The maximum Gasteiger partial charge on any atom is 0.323 e. The van der Waals surface area contributed by atoms with Crippen LogP contribution >= 0.6 is 11.6 Å². The van der Waals surface area contributed by atoms with Crippen LogP contribution in [0.15, 0.2) is 36.4 Å². The van der Waals surface area contributed by atoms with Crippen molar-refractivity contribution in [3.05, 3.63) is 64.1 Å². The van der Waals surface area contributed by atoms with Gasteiger partial charge in [-0.05, 0) is 55.5 Å². The molecule has 0 saturated carbocycles. The maximum absolute atomic E-state index is 14.0. The topological polar surface area (TPSA) is 80.6 Å². The predicted octanol–water partition coefficient (Wildman–Crippen LogP) is 3.88. The van der Waals surface area contributed by atoms with Gasteiger partial charge in [0, 0.05) is 17.1 Å². The standard InChI is InChI=1S/C23H22ClFN2O4/c1-13-4-2-3-5-20(13)31-12-21(28)26-15-6-7-19-16(10-15)17-8-14(25)9-18(24)23(17)27(19)11-22(29)30/h2-5,8-9,15H,6-7,10-12H2,1H3,(H,26,28)(H,29,30)/t15-/m0/s1. The maximum atomic E-state index is 14.0. The molecule has 0 fully saturated rings. The number of aromatic nitrogens is 1. The zero-order valence-electron chi connectivity index (χ0n) is 17.0. The summed E-state index contributed by atoms with van der Waals surface area (Å²) in [5, 5.41) is 13.1. The lowest BCUT2D eigenvalue weighted by molar-refractivity contribution is -0.137. The van der Waals surface area contributed by atoms with Crippen LogP contribution in [0.4, 0.5) is 4.39 Å². The Kier molecular flexibility index (Phi) is 5.87. The van der Waals surface area contributed by atoms with E-state index in [9.17, 15) is 19.1 Å². The lowest BCUT2D eigenvalue weighted by atomic mass is 9.91. The molecule has 0 saturated heterocycles. The summed E-state index contributed by atoms with van der Waals surface area (Å²) >= 11 is 6.26. The number of aliphatic carboxylic acids is 1. The van der Waals surface area contributed by atoms with Crippen molar-refractivity contribution < 1.29 is 23.8 Å². The quantitative estimate of drug-likeness (QED) is 0.604. The molecule has 162 valence electrons. The molecule has 3 aromatic rings. The molecule has 8 heteroatoms. The van der Waals surface area contributed by atoms with E-state index in [1.165, 1.54) is 12.1 Å². The zero-order chi connectivity index (χ0) is 22.1. The van der Waals surface area contributed by atoms with Gasteiger partial charge in [-0.25, -0.2) is 4.39 Å². The van der Waals surface area contributed by atoms with Crippen LogP contribution in [0.1, 0.15) is 23.2 Å². The Hall–Kier alpha value is -3.06. The molecule has 2 N–H and O–H groups in total. The Morgan fingerprint density at radius 2 is 2.10 bits per heavy atom. The SMILES string of the molecule is Cc1ccccc1OCC(=O)N[C@H]1CCc2c(c3cc(F)cc(Cl)c3n2CC(=O)O)C1. The van der Waals surface area contributed by atoms with Crippen LogP contribution in [0.3, 0.4) is 0 Å². The monoisotopic (exact) mass is 444 g/mol. The predicted molar refractivity (Wildman–Crippen MR) is 115 cm³/mol. The first kappa shape index (κ1) is 21.2. The van der Waals surface area contributed by atoms with Gasteiger partial charge in [0.1, 0.15) is 18.1 Å². The summed E-state index contributed by atoms with van der Waals surface area (Å²) in [6.07, 6.45) is 1.66. The van der Waals surface area contributed by atoms with Crippen molar-refractivity contribution in [1.82, 2.24) is 9.88 Å². The second kappa shape index (κ2) is 8.59. The van der Waals surface area contributed by atoms with Crippen LogP contribution in [0.25, 0.3) is 10.9 Å². The van der Waals surface area contributed by atoms with Gasteiger partial charge < -0.3 is 19.7 Å². The number of carboxylic acids is 1. The minimum atomic E-state index is -0.996. The molecule has 0 radical (unpaired) electrons. The van der Waals surface area contributed by atoms with Gasteiger partial charge in [-0.2, -0.15) is 0 Å². The van der Waals surface area contributed by atoms with Crippen LogP contribution in [0.2, 0.25) is 5.02 Å². The van der Waals surface area contributed by atoms with Gasteiger partial charge >= 0.3 is 5.97 Å². The Balaban J connectivity index is 1.53. The van der Waals surface area contributed by atoms with Gasteiger partial charge in [0.05, 0.1) is 10.5 Å². The first-order chi connectivity index (χ1) is 14.8. The van der Waals surface area contributed by atoms with Crippen LogP contribution in [-0.2, 0) is 29.0 Å². The highest BCUT2D eigenvalue weighted by molar-refractivity contribution is 6.35. The van der Waals surface area contributed by atoms with E-state index in [2.05, 4.69) is 5.32 Å². The molecule has 1 amide bonds. The smallest absolute Gasteiger partial charge is 0.323 e. The van der Waals surface area contributed by atoms with Crippen molar-refractivity contribution in [3.8, 4) is 5.75 Å². The largest absolute Gasteiger partial charge is 0.484 e. The van der Waals surface area contributed by atoms with E-state index in [1.807, 2.05) is 31.2 Å². The number of ether oxygens (including phenoxy) is 1. The lowest BCUT2D eigenvalue weighted by Gasteiger charge is -2.25. The first-order valence-electron chi connectivity index (χ1n) is 10.0. The summed E-state index contributed by atoms with van der Waals surface area (Å²) in [6.45, 7) is 1.56. The number of carbonyl (C=O) groups is 2. The van der Waals surface area contributed by atoms with E-state index in [0.717, 1.165) is 16.8 Å². The van der Waals surface area contributed by atoms with E-state index in [1.54, 1.807) is 4.57 Å². The molecule has 1 aromatic heterocycles. The van der Waals surface area contributed by atoms with Gasteiger partial charge in [-0.15, -0.1) is 0 Å². The summed E-state index contributed by atoms with van der Waals surface area (Å²) in [7, 11) is 0. The number of amides is 1. The molecule has 4 rings (SSSR count). The fourth-order valence-electron chi connectivity index (χ4n) is 4.26. The van der Waals surface area contributed by atoms with Crippen molar-refractivity contribution in [1.29, 1.82) is 0 Å². The van der Waals surface area contributed by atoms with Crippen molar-refractivity contribution in [2.45, 2.75) is 38.8 Å². The highest BCUT2D eigenvalue weighted by Gasteiger charge is 2.28. The highest BCUT2D eigenvalue weighted by Crippen LogP contribution is 2.36. The summed E-state index contributed by atoms with van der Waals surface area (Å²) < 4.78 is 21.3. The minimum absolute atomic E-state index is 0.102. The van der Waals surface area contributed by atoms with Crippen molar-refractivity contribution >= 4 is 34.4 Å². The average Bonchev–Trinajstić information content (AvgIpc) is 3.00. The number of carboxylic acid groups (broad SMARTS) is 1. The zero-order valence-corrected chi connectivity index (χ0v) is 17.7. The van der Waals surface area contributed by atoms with E-state index in [4.69, 9.17) is 16.3 Å². The number of carbonyl (C=O) groups excluding carboxylic acids is 1. The number of hydrogen-bond donors (Lipinski definition) is 2. The number of nitrogens with one attached hydrogen (secondary N) is 1. The second-order valence-corrected chi connectivity index (χ2v) is 8.16. The third kappa shape index (κ3) is 4.37. The molecule has 0 spiro atoms.